The zero-order valence-electron chi connectivity index (χ0n) is 16.0. The number of hydrogen-bond acceptors (Lipinski definition) is 6. The number of aromatic nitrogens is 4. The Balaban J connectivity index is 1.90. The summed E-state index contributed by atoms with van der Waals surface area (Å²) in [6.07, 6.45) is 0. The number of esters is 1. The summed E-state index contributed by atoms with van der Waals surface area (Å²) in [4.78, 5) is 16.7. The molecule has 7 nitrogen and oxygen atoms in total. The molecule has 0 fully saturated rings. The van der Waals surface area contributed by atoms with Crippen LogP contribution in [0, 0.1) is 13.8 Å². The fourth-order valence-electron chi connectivity index (χ4n) is 3.01. The highest BCUT2D eigenvalue weighted by atomic mass is 35.5. The summed E-state index contributed by atoms with van der Waals surface area (Å²) in [7, 11) is 1.27. The topological polar surface area (TPSA) is 83.0 Å². The van der Waals surface area contributed by atoms with Crippen LogP contribution in [-0.4, -0.2) is 33.0 Å². The van der Waals surface area contributed by atoms with Crippen molar-refractivity contribution in [3.63, 3.8) is 0 Å². The molecule has 2 aromatic heterocycles. The number of hydrogen-bond donors (Lipinski definition) is 0. The molecule has 4 rings (SSSR count). The molecule has 0 saturated heterocycles. The fraction of sp³-hybridized carbons (Fsp3) is 0.143. The molecule has 0 amide bonds. The van der Waals surface area contributed by atoms with Crippen LogP contribution in [0.15, 0.2) is 53.1 Å². The number of carbonyl (C=O) groups excluding carboxylic acids is 1. The van der Waals surface area contributed by atoms with Crippen molar-refractivity contribution in [1.29, 1.82) is 0 Å². The van der Waals surface area contributed by atoms with E-state index in [2.05, 4.69) is 15.2 Å². The molecule has 0 aliphatic rings. The maximum absolute atomic E-state index is 12.2. The molecule has 0 aliphatic carbocycles. The number of ether oxygens (including phenoxy) is 1. The van der Waals surface area contributed by atoms with Gasteiger partial charge in [0.25, 0.3) is 5.89 Å². The van der Waals surface area contributed by atoms with E-state index in [1.807, 2.05) is 62.4 Å². The number of nitrogens with zero attached hydrogens (tertiary/aromatic N) is 4. The molecule has 0 N–H and O–H groups in total. The summed E-state index contributed by atoms with van der Waals surface area (Å²) in [5, 5.41) is 8.55. The van der Waals surface area contributed by atoms with E-state index in [0.29, 0.717) is 11.6 Å². The molecule has 4 aromatic rings. The minimum atomic E-state index is -0.647. The lowest BCUT2D eigenvalue weighted by Crippen LogP contribution is -2.05. The van der Waals surface area contributed by atoms with Gasteiger partial charge in [-0.25, -0.2) is 9.48 Å². The molecule has 146 valence electrons. The highest BCUT2D eigenvalue weighted by Gasteiger charge is 2.28. The maximum atomic E-state index is 12.2. The predicted octanol–water partition coefficient (Wildman–Crippen LogP) is 4.65. The molecule has 0 radical (unpaired) electrons. The number of rotatable bonds is 4. The molecule has 0 saturated carbocycles. The van der Waals surface area contributed by atoms with Crippen molar-refractivity contribution in [3.05, 3.63) is 70.4 Å². The molecule has 29 heavy (non-hydrogen) atoms. The third kappa shape index (κ3) is 3.40. The van der Waals surface area contributed by atoms with Gasteiger partial charge in [0, 0.05) is 5.56 Å². The average Bonchev–Trinajstić information content (AvgIpc) is 3.32. The van der Waals surface area contributed by atoms with E-state index >= 15 is 0 Å². The molecular formula is C21H17ClN4O3. The summed E-state index contributed by atoms with van der Waals surface area (Å²) in [6, 6.07) is 15.3. The second-order valence-corrected chi connectivity index (χ2v) is 6.87. The number of aryl methyl sites for hydroxylation is 2. The monoisotopic (exact) mass is 408 g/mol. The van der Waals surface area contributed by atoms with Crippen LogP contribution in [0.4, 0.5) is 0 Å². The van der Waals surface area contributed by atoms with E-state index in [-0.39, 0.29) is 16.5 Å². The van der Waals surface area contributed by atoms with Gasteiger partial charge in [0.1, 0.15) is 10.7 Å². The number of benzene rings is 2. The van der Waals surface area contributed by atoms with Gasteiger partial charge in [0.05, 0.1) is 12.8 Å². The van der Waals surface area contributed by atoms with Gasteiger partial charge in [-0.3, -0.25) is 0 Å². The first-order chi connectivity index (χ1) is 14.0. The molecule has 0 atom stereocenters. The summed E-state index contributed by atoms with van der Waals surface area (Å²) < 4.78 is 11.8. The quantitative estimate of drug-likeness (QED) is 0.457. The zero-order chi connectivity index (χ0) is 20.5. The molecule has 0 unspecified atom stereocenters. The Labute approximate surface area is 171 Å². The normalized spacial score (nSPS) is 10.9. The minimum absolute atomic E-state index is 0.0191. The molecule has 0 spiro atoms. The predicted molar refractivity (Wildman–Crippen MR) is 108 cm³/mol. The van der Waals surface area contributed by atoms with Crippen LogP contribution in [0.5, 0.6) is 0 Å². The number of methoxy groups -OCH3 is 1. The van der Waals surface area contributed by atoms with Gasteiger partial charge < -0.3 is 9.26 Å². The van der Waals surface area contributed by atoms with Crippen LogP contribution in [0.25, 0.3) is 28.7 Å². The molecular weight excluding hydrogens is 392 g/mol. The first-order valence-electron chi connectivity index (χ1n) is 8.83. The lowest BCUT2D eigenvalue weighted by atomic mass is 10.1. The van der Waals surface area contributed by atoms with E-state index in [1.165, 1.54) is 11.8 Å². The van der Waals surface area contributed by atoms with Crippen LogP contribution in [-0.2, 0) is 4.74 Å². The smallest absolute Gasteiger partial charge is 0.360 e. The molecule has 2 heterocycles. The second-order valence-electron chi connectivity index (χ2n) is 6.49. The first-order valence-corrected chi connectivity index (χ1v) is 9.21. The van der Waals surface area contributed by atoms with Crippen molar-refractivity contribution in [2.24, 2.45) is 0 Å². The van der Waals surface area contributed by atoms with Gasteiger partial charge in [-0.2, -0.15) is 10.1 Å². The van der Waals surface area contributed by atoms with Crippen molar-refractivity contribution >= 4 is 17.6 Å². The van der Waals surface area contributed by atoms with Gasteiger partial charge in [-0.15, -0.1) is 0 Å². The van der Waals surface area contributed by atoms with Gasteiger partial charge in [0.2, 0.25) is 5.82 Å². The van der Waals surface area contributed by atoms with Crippen LogP contribution in [0.3, 0.4) is 0 Å². The molecule has 0 bridgehead atoms. The zero-order valence-corrected chi connectivity index (χ0v) is 16.8. The van der Waals surface area contributed by atoms with Crippen molar-refractivity contribution in [2.75, 3.05) is 7.11 Å². The molecule has 2 aromatic carbocycles. The van der Waals surface area contributed by atoms with Crippen LogP contribution < -0.4 is 0 Å². The van der Waals surface area contributed by atoms with E-state index in [4.69, 9.17) is 20.9 Å². The Bertz CT molecular complexity index is 1210. The van der Waals surface area contributed by atoms with Crippen LogP contribution in [0.2, 0.25) is 5.02 Å². The van der Waals surface area contributed by atoms with E-state index < -0.39 is 5.97 Å². The summed E-state index contributed by atoms with van der Waals surface area (Å²) in [6.45, 7) is 3.91. The van der Waals surface area contributed by atoms with Crippen molar-refractivity contribution < 1.29 is 14.1 Å². The lowest BCUT2D eigenvalue weighted by molar-refractivity contribution is 0.0593. The SMILES string of the molecule is COC(=O)c1nn(-c2ccccc2C)c(-c2noc(-c3cccc(C)c3)n2)c1Cl. The average molecular weight is 409 g/mol. The largest absolute Gasteiger partial charge is 0.464 e. The molecule has 0 aliphatic heterocycles. The Hall–Kier alpha value is -3.45. The van der Waals surface area contributed by atoms with E-state index in [9.17, 15) is 4.79 Å². The number of halogens is 1. The second kappa shape index (κ2) is 7.52. The first kappa shape index (κ1) is 18.9. The summed E-state index contributed by atoms with van der Waals surface area (Å²) in [5.41, 5.74) is 3.86. The number of carbonyl (C=O) groups is 1. The van der Waals surface area contributed by atoms with E-state index in [1.54, 1.807) is 0 Å². The van der Waals surface area contributed by atoms with E-state index in [0.717, 1.165) is 22.4 Å². The van der Waals surface area contributed by atoms with Crippen molar-refractivity contribution in [3.8, 4) is 28.7 Å². The highest BCUT2D eigenvalue weighted by Crippen LogP contribution is 2.33. The van der Waals surface area contributed by atoms with Gasteiger partial charge in [0.15, 0.2) is 5.69 Å². The Morgan fingerprint density at radius 2 is 1.93 bits per heavy atom. The maximum Gasteiger partial charge on any atom is 0.360 e. The van der Waals surface area contributed by atoms with Crippen LogP contribution >= 0.6 is 11.6 Å². The minimum Gasteiger partial charge on any atom is -0.464 e. The Morgan fingerprint density at radius 3 is 2.66 bits per heavy atom. The van der Waals surface area contributed by atoms with Crippen LogP contribution in [0.1, 0.15) is 21.6 Å². The summed E-state index contributed by atoms with van der Waals surface area (Å²) >= 11 is 6.51. The number of para-hydroxylation sites is 1. The lowest BCUT2D eigenvalue weighted by Gasteiger charge is -2.07. The van der Waals surface area contributed by atoms with Gasteiger partial charge >= 0.3 is 5.97 Å². The standard InChI is InChI=1S/C21H17ClN4O3/c1-12-7-6-9-14(11-12)20-23-19(25-29-20)18-16(22)17(21(27)28-3)24-26(18)15-10-5-4-8-13(15)2/h4-11H,1-3H3. The third-order valence-electron chi connectivity index (χ3n) is 4.45. The Morgan fingerprint density at radius 1 is 1.14 bits per heavy atom. The Kier molecular flexibility index (Phi) is 4.90. The van der Waals surface area contributed by atoms with Crippen molar-refractivity contribution in [2.45, 2.75) is 13.8 Å². The molecule has 8 heteroatoms. The van der Waals surface area contributed by atoms with Gasteiger partial charge in [-0.05, 0) is 37.6 Å². The third-order valence-corrected chi connectivity index (χ3v) is 4.81. The summed E-state index contributed by atoms with van der Waals surface area (Å²) in [5.74, 6) is -0.0830. The fourth-order valence-corrected chi connectivity index (χ4v) is 3.29. The van der Waals surface area contributed by atoms with Crippen molar-refractivity contribution in [1.82, 2.24) is 19.9 Å². The van der Waals surface area contributed by atoms with Gasteiger partial charge in [-0.1, -0.05) is 52.7 Å². The highest BCUT2D eigenvalue weighted by molar-refractivity contribution is 6.35.